The summed E-state index contributed by atoms with van der Waals surface area (Å²) in [7, 11) is 0. The molecule has 0 bridgehead atoms. The van der Waals surface area contributed by atoms with E-state index in [0.29, 0.717) is 11.0 Å². The van der Waals surface area contributed by atoms with Crippen LogP contribution in [-0.2, 0) is 0 Å². The Balaban J connectivity index is 2.40. The van der Waals surface area contributed by atoms with Gasteiger partial charge in [0.05, 0.1) is 10.6 Å². The highest BCUT2D eigenvalue weighted by molar-refractivity contribution is 9.10. The second kappa shape index (κ2) is 6.54. The van der Waals surface area contributed by atoms with Crippen LogP contribution in [0.1, 0.15) is 43.0 Å². The van der Waals surface area contributed by atoms with Gasteiger partial charge in [-0.2, -0.15) is 0 Å². The van der Waals surface area contributed by atoms with Crippen LogP contribution in [0.25, 0.3) is 0 Å². The van der Waals surface area contributed by atoms with E-state index in [1.54, 1.807) is 6.07 Å². The van der Waals surface area contributed by atoms with Crippen molar-refractivity contribution in [1.82, 2.24) is 5.32 Å². The molecule has 1 aliphatic rings. The Morgan fingerprint density at radius 3 is 2.90 bits per heavy atom. The van der Waals surface area contributed by atoms with E-state index >= 15 is 0 Å². The predicted molar refractivity (Wildman–Crippen MR) is 82.9 cm³/mol. The molecule has 1 unspecified atom stereocenters. The van der Waals surface area contributed by atoms with E-state index in [2.05, 4.69) is 28.2 Å². The molecule has 1 fully saturated rings. The summed E-state index contributed by atoms with van der Waals surface area (Å²) in [6, 6.07) is 3.16. The molecule has 0 saturated carbocycles. The number of halogens is 3. The van der Waals surface area contributed by atoms with Gasteiger partial charge in [0, 0.05) is 16.4 Å². The molecule has 0 aromatic heterocycles. The smallest absolute Gasteiger partial charge is 0.173 e. The monoisotopic (exact) mass is 361 g/mol. The van der Waals surface area contributed by atoms with Crippen LogP contribution in [0, 0.1) is 11.2 Å². The Labute approximate surface area is 132 Å². The first-order valence-corrected chi connectivity index (χ1v) is 8.08. The van der Waals surface area contributed by atoms with E-state index in [-0.39, 0.29) is 16.4 Å². The van der Waals surface area contributed by atoms with Crippen LogP contribution in [0.2, 0.25) is 5.02 Å². The number of benzene rings is 1. The van der Waals surface area contributed by atoms with Gasteiger partial charge in [-0.05, 0) is 53.9 Å². The van der Waals surface area contributed by atoms with Crippen LogP contribution in [-0.4, -0.2) is 18.9 Å². The minimum atomic E-state index is -0.618. The predicted octanol–water partition coefficient (Wildman–Crippen LogP) is 4.59. The molecule has 1 N–H and O–H groups in total. The molecule has 20 heavy (non-hydrogen) atoms. The quantitative estimate of drug-likeness (QED) is 0.627. The Kier molecular flexibility index (Phi) is 5.21. The second-order valence-corrected chi connectivity index (χ2v) is 6.59. The molecule has 1 aromatic carbocycles. The molecule has 1 aromatic rings. The third-order valence-electron chi connectivity index (χ3n) is 3.96. The Morgan fingerprint density at radius 2 is 2.30 bits per heavy atom. The zero-order valence-electron chi connectivity index (χ0n) is 11.4. The standard InChI is InChI=1S/C15H18BrClFNO/c1-2-6-15(7-3-8-19-9-15)14(20)10-4-5-11(16)12(17)13(10)18/h4-5,19H,2-3,6-9H2,1H3. The zero-order valence-corrected chi connectivity index (χ0v) is 13.8. The number of nitrogens with one attached hydrogen (secondary N) is 1. The van der Waals surface area contributed by atoms with Crippen molar-refractivity contribution in [2.75, 3.05) is 13.1 Å². The van der Waals surface area contributed by atoms with Gasteiger partial charge >= 0.3 is 0 Å². The summed E-state index contributed by atoms with van der Waals surface area (Å²) in [6.07, 6.45) is 3.42. The number of carbonyl (C=O) groups is 1. The van der Waals surface area contributed by atoms with Crippen LogP contribution >= 0.6 is 27.5 Å². The first-order chi connectivity index (χ1) is 9.52. The summed E-state index contributed by atoms with van der Waals surface area (Å²) in [6.45, 7) is 3.59. The van der Waals surface area contributed by atoms with Crippen molar-refractivity contribution >= 4 is 33.3 Å². The first kappa shape index (κ1) is 15.9. The zero-order chi connectivity index (χ0) is 14.8. The number of carbonyl (C=O) groups excluding carboxylic acids is 1. The lowest BCUT2D eigenvalue weighted by Crippen LogP contribution is -2.45. The van der Waals surface area contributed by atoms with Crippen molar-refractivity contribution < 1.29 is 9.18 Å². The Hall–Kier alpha value is -0.450. The fourth-order valence-electron chi connectivity index (χ4n) is 2.95. The highest BCUT2D eigenvalue weighted by Crippen LogP contribution is 2.38. The van der Waals surface area contributed by atoms with Gasteiger partial charge in [-0.3, -0.25) is 4.79 Å². The summed E-state index contributed by atoms with van der Waals surface area (Å²) < 4.78 is 14.7. The number of piperidine rings is 1. The molecule has 5 heteroatoms. The van der Waals surface area contributed by atoms with E-state index < -0.39 is 11.2 Å². The molecular formula is C15H18BrClFNO. The van der Waals surface area contributed by atoms with Crippen molar-refractivity contribution in [2.24, 2.45) is 5.41 Å². The summed E-state index contributed by atoms with van der Waals surface area (Å²) in [4.78, 5) is 12.8. The van der Waals surface area contributed by atoms with Crippen molar-refractivity contribution in [3.05, 3.63) is 33.0 Å². The van der Waals surface area contributed by atoms with Crippen molar-refractivity contribution in [2.45, 2.75) is 32.6 Å². The molecular weight excluding hydrogens is 345 g/mol. The number of ketones is 1. The number of rotatable bonds is 4. The molecule has 1 atom stereocenters. The summed E-state index contributed by atoms with van der Waals surface area (Å²) >= 11 is 9.07. The van der Waals surface area contributed by atoms with E-state index in [9.17, 15) is 9.18 Å². The van der Waals surface area contributed by atoms with Gasteiger partial charge in [0.25, 0.3) is 0 Å². The van der Waals surface area contributed by atoms with Gasteiger partial charge in [0.1, 0.15) is 0 Å². The van der Waals surface area contributed by atoms with Gasteiger partial charge < -0.3 is 5.32 Å². The van der Waals surface area contributed by atoms with Crippen molar-refractivity contribution in [1.29, 1.82) is 0 Å². The summed E-state index contributed by atoms with van der Waals surface area (Å²) in [5, 5.41) is 3.25. The first-order valence-electron chi connectivity index (χ1n) is 6.91. The second-order valence-electron chi connectivity index (χ2n) is 5.36. The average Bonchev–Trinajstić information content (AvgIpc) is 2.46. The Morgan fingerprint density at radius 1 is 1.55 bits per heavy atom. The maximum Gasteiger partial charge on any atom is 0.173 e. The van der Waals surface area contributed by atoms with Gasteiger partial charge in [0.15, 0.2) is 11.6 Å². The molecule has 0 radical (unpaired) electrons. The lowest BCUT2D eigenvalue weighted by molar-refractivity contribution is 0.0713. The molecule has 2 nitrogen and oxygen atoms in total. The third kappa shape index (κ3) is 2.92. The number of hydrogen-bond acceptors (Lipinski definition) is 2. The van der Waals surface area contributed by atoms with Crippen LogP contribution in [0.5, 0.6) is 0 Å². The lowest BCUT2D eigenvalue weighted by atomic mass is 9.71. The van der Waals surface area contributed by atoms with Crippen molar-refractivity contribution in [3.8, 4) is 0 Å². The normalized spacial score (nSPS) is 22.8. The summed E-state index contributed by atoms with van der Waals surface area (Å²) in [5.74, 6) is -0.745. The van der Waals surface area contributed by atoms with E-state index in [0.717, 1.165) is 32.2 Å². The van der Waals surface area contributed by atoms with Crippen LogP contribution in [0.15, 0.2) is 16.6 Å². The molecule has 2 rings (SSSR count). The molecule has 0 spiro atoms. The third-order valence-corrected chi connectivity index (χ3v) is 5.22. The minimum absolute atomic E-state index is 0.0220. The van der Waals surface area contributed by atoms with Crippen LogP contribution in [0.4, 0.5) is 4.39 Å². The molecule has 0 amide bonds. The van der Waals surface area contributed by atoms with Crippen LogP contribution in [0.3, 0.4) is 0 Å². The van der Waals surface area contributed by atoms with Gasteiger partial charge in [-0.1, -0.05) is 24.9 Å². The maximum atomic E-state index is 14.3. The van der Waals surface area contributed by atoms with E-state index in [1.165, 1.54) is 6.07 Å². The van der Waals surface area contributed by atoms with E-state index in [4.69, 9.17) is 11.6 Å². The van der Waals surface area contributed by atoms with Crippen molar-refractivity contribution in [3.63, 3.8) is 0 Å². The highest BCUT2D eigenvalue weighted by atomic mass is 79.9. The maximum absolute atomic E-state index is 14.3. The van der Waals surface area contributed by atoms with Gasteiger partial charge in [0.2, 0.25) is 0 Å². The van der Waals surface area contributed by atoms with E-state index in [1.807, 2.05) is 0 Å². The molecule has 1 heterocycles. The van der Waals surface area contributed by atoms with Gasteiger partial charge in [-0.25, -0.2) is 4.39 Å². The van der Waals surface area contributed by atoms with Crippen LogP contribution < -0.4 is 5.32 Å². The van der Waals surface area contributed by atoms with Gasteiger partial charge in [-0.15, -0.1) is 0 Å². The minimum Gasteiger partial charge on any atom is -0.316 e. The topological polar surface area (TPSA) is 29.1 Å². The lowest BCUT2D eigenvalue weighted by Gasteiger charge is -2.36. The average molecular weight is 363 g/mol. The largest absolute Gasteiger partial charge is 0.316 e. The fraction of sp³-hybridized carbons (Fsp3) is 0.533. The summed E-state index contributed by atoms with van der Waals surface area (Å²) in [5.41, 5.74) is -0.388. The molecule has 0 aliphatic carbocycles. The number of Topliss-reactive ketones (excluding diaryl/α,β-unsaturated/α-hetero) is 1. The molecule has 110 valence electrons. The molecule has 1 aliphatic heterocycles. The number of hydrogen-bond donors (Lipinski definition) is 1. The highest BCUT2D eigenvalue weighted by Gasteiger charge is 2.40. The fourth-order valence-corrected chi connectivity index (χ4v) is 3.43. The Bertz CT molecular complexity index is 509. The SMILES string of the molecule is CCCC1(C(=O)c2ccc(Br)c(Cl)c2F)CCCNC1. The molecule has 1 saturated heterocycles.